The van der Waals surface area contributed by atoms with Crippen LogP contribution in [0.15, 0.2) is 0 Å². The van der Waals surface area contributed by atoms with Crippen LogP contribution in [-0.2, 0) is 0 Å². The minimum atomic E-state index is -0.269. The Labute approximate surface area is 50.0 Å². The lowest BCUT2D eigenvalue weighted by Gasteiger charge is -2.25. The lowest BCUT2D eigenvalue weighted by atomic mass is 10.4. The van der Waals surface area contributed by atoms with Gasteiger partial charge in [-0.2, -0.15) is 0 Å². The smallest absolute Gasteiger partial charge is 0.135 e. The molecule has 0 spiro atoms. The highest BCUT2D eigenvalue weighted by atomic mass is 16.5. The molecule has 0 aromatic heterocycles. The van der Waals surface area contributed by atoms with Crippen molar-refractivity contribution in [1.29, 1.82) is 0 Å². The fraction of sp³-hybridized carbons (Fsp3) is 1.00. The molecule has 0 fully saturated rings. The number of hydroxylamine groups is 2. The summed E-state index contributed by atoms with van der Waals surface area (Å²) in [7, 11) is 0. The molecular weight excluding hydrogens is 104 g/mol. The number of nitrogens with two attached hydrogens (primary N) is 1. The highest BCUT2D eigenvalue weighted by molar-refractivity contribution is 4.31. The van der Waals surface area contributed by atoms with Crippen LogP contribution in [0.25, 0.3) is 0 Å². The van der Waals surface area contributed by atoms with E-state index in [1.54, 1.807) is 6.92 Å². The lowest BCUT2D eigenvalue weighted by molar-refractivity contribution is -0.873. The first-order valence-corrected chi connectivity index (χ1v) is 2.96. The zero-order valence-electron chi connectivity index (χ0n) is 5.48. The van der Waals surface area contributed by atoms with E-state index in [1.807, 2.05) is 6.92 Å². The summed E-state index contributed by atoms with van der Waals surface area (Å²) in [5, 5.41) is 10.8. The van der Waals surface area contributed by atoms with E-state index < -0.39 is 0 Å². The average Bonchev–Trinajstić information content (AvgIpc) is 1.67. The van der Waals surface area contributed by atoms with Crippen molar-refractivity contribution >= 4 is 0 Å². The molecule has 0 aromatic carbocycles. The summed E-state index contributed by atoms with van der Waals surface area (Å²) in [6.45, 7) is 4.32. The van der Waals surface area contributed by atoms with Gasteiger partial charge in [-0.05, 0) is 6.42 Å². The third-order valence-electron chi connectivity index (χ3n) is 1.00. The Morgan fingerprint density at radius 3 is 2.38 bits per heavy atom. The molecule has 8 heavy (non-hydrogen) atoms. The molecule has 0 amide bonds. The summed E-state index contributed by atoms with van der Waals surface area (Å²) in [5.41, 5.74) is 5.27. The summed E-state index contributed by atoms with van der Waals surface area (Å²) in [6.07, 6.45) is 0.635. The SMILES string of the molecule is CCC[NH+]([O-])C(C)N. The molecule has 0 heterocycles. The van der Waals surface area contributed by atoms with Gasteiger partial charge in [-0.1, -0.05) is 6.92 Å². The lowest BCUT2D eigenvalue weighted by Crippen LogP contribution is -3.12. The Balaban J connectivity index is 3.17. The molecule has 2 atom stereocenters. The van der Waals surface area contributed by atoms with Crippen molar-refractivity contribution in [3.8, 4) is 0 Å². The van der Waals surface area contributed by atoms with E-state index in [-0.39, 0.29) is 11.2 Å². The van der Waals surface area contributed by atoms with E-state index >= 15 is 0 Å². The molecule has 0 aliphatic rings. The van der Waals surface area contributed by atoms with Gasteiger partial charge in [-0.25, -0.2) is 0 Å². The fourth-order valence-corrected chi connectivity index (χ4v) is 0.474. The van der Waals surface area contributed by atoms with Crippen LogP contribution >= 0.6 is 0 Å². The molecule has 0 aliphatic heterocycles. The van der Waals surface area contributed by atoms with Gasteiger partial charge in [0.15, 0.2) is 0 Å². The molecule has 0 rings (SSSR count). The zero-order chi connectivity index (χ0) is 6.57. The molecule has 2 unspecified atom stereocenters. The molecule has 0 saturated carbocycles. The second kappa shape index (κ2) is 3.83. The Morgan fingerprint density at radius 2 is 2.25 bits per heavy atom. The van der Waals surface area contributed by atoms with Crippen molar-refractivity contribution in [1.82, 2.24) is 0 Å². The summed E-state index contributed by atoms with van der Waals surface area (Å²) in [6, 6.07) is 0. The maximum absolute atomic E-state index is 10.6. The highest BCUT2D eigenvalue weighted by Crippen LogP contribution is 1.63. The third-order valence-corrected chi connectivity index (χ3v) is 1.00. The Morgan fingerprint density at radius 1 is 1.75 bits per heavy atom. The molecule has 3 N–H and O–H groups in total. The van der Waals surface area contributed by atoms with Gasteiger partial charge in [0, 0.05) is 6.92 Å². The van der Waals surface area contributed by atoms with E-state index in [9.17, 15) is 5.21 Å². The van der Waals surface area contributed by atoms with Crippen LogP contribution in [0, 0.1) is 5.21 Å². The standard InChI is InChI=1S/C5H14N2O/c1-3-4-7(8)5(2)6/h5,7H,3-4,6H2,1-2H3. The summed E-state index contributed by atoms with van der Waals surface area (Å²) < 4.78 is 0. The zero-order valence-corrected chi connectivity index (χ0v) is 5.48. The van der Waals surface area contributed by atoms with Gasteiger partial charge in [0.1, 0.15) is 6.17 Å². The van der Waals surface area contributed by atoms with Crippen LogP contribution in [0.1, 0.15) is 20.3 Å². The van der Waals surface area contributed by atoms with Gasteiger partial charge in [0.2, 0.25) is 0 Å². The predicted octanol–water partition coefficient (Wildman–Crippen LogP) is -0.916. The van der Waals surface area contributed by atoms with E-state index in [4.69, 9.17) is 5.73 Å². The van der Waals surface area contributed by atoms with Crippen molar-refractivity contribution in [2.75, 3.05) is 6.54 Å². The maximum atomic E-state index is 10.6. The van der Waals surface area contributed by atoms with Gasteiger partial charge in [0.05, 0.1) is 6.54 Å². The number of rotatable bonds is 3. The normalized spacial score (nSPS) is 18.0. The molecule has 3 nitrogen and oxygen atoms in total. The van der Waals surface area contributed by atoms with Crippen LogP contribution in [0.3, 0.4) is 0 Å². The molecule has 0 aliphatic carbocycles. The monoisotopic (exact) mass is 118 g/mol. The van der Waals surface area contributed by atoms with Gasteiger partial charge >= 0.3 is 0 Å². The number of nitrogens with one attached hydrogen (secondary N) is 1. The molecule has 3 heteroatoms. The number of quaternary nitrogens is 1. The second-order valence-corrected chi connectivity index (χ2v) is 2.00. The van der Waals surface area contributed by atoms with Crippen LogP contribution in [0.4, 0.5) is 0 Å². The topological polar surface area (TPSA) is 53.5 Å². The van der Waals surface area contributed by atoms with Crippen molar-refractivity contribution in [3.05, 3.63) is 5.21 Å². The minimum absolute atomic E-state index is 0.160. The average molecular weight is 118 g/mol. The number of hydrogen-bond acceptors (Lipinski definition) is 2. The third kappa shape index (κ3) is 2.96. The largest absolute Gasteiger partial charge is 0.633 e. The van der Waals surface area contributed by atoms with Gasteiger partial charge in [-0.15, -0.1) is 0 Å². The highest BCUT2D eigenvalue weighted by Gasteiger charge is 1.98. The predicted molar refractivity (Wildman–Crippen MR) is 33.1 cm³/mol. The van der Waals surface area contributed by atoms with Crippen LogP contribution in [0.2, 0.25) is 0 Å². The minimum Gasteiger partial charge on any atom is -0.633 e. The van der Waals surface area contributed by atoms with E-state index in [2.05, 4.69) is 0 Å². The molecule has 0 aromatic rings. The van der Waals surface area contributed by atoms with E-state index in [0.29, 0.717) is 6.54 Å². The molecule has 0 bridgehead atoms. The van der Waals surface area contributed by atoms with Gasteiger partial charge in [-0.3, -0.25) is 5.73 Å². The van der Waals surface area contributed by atoms with Gasteiger partial charge in [0.25, 0.3) is 0 Å². The first kappa shape index (κ1) is 7.88. The van der Waals surface area contributed by atoms with E-state index in [1.165, 1.54) is 0 Å². The maximum Gasteiger partial charge on any atom is 0.135 e. The Bertz CT molecular complexity index is 56.4. The summed E-state index contributed by atoms with van der Waals surface area (Å²) in [5.74, 6) is 0. The number of hydrogen-bond donors (Lipinski definition) is 2. The van der Waals surface area contributed by atoms with Crippen molar-refractivity contribution in [2.45, 2.75) is 26.4 Å². The second-order valence-electron chi connectivity index (χ2n) is 2.00. The molecule has 50 valence electrons. The van der Waals surface area contributed by atoms with Crippen LogP contribution < -0.4 is 10.8 Å². The van der Waals surface area contributed by atoms with Crippen LogP contribution in [-0.4, -0.2) is 12.7 Å². The van der Waals surface area contributed by atoms with E-state index in [0.717, 1.165) is 6.42 Å². The first-order valence-electron chi connectivity index (χ1n) is 2.96. The molecular formula is C5H14N2O. The van der Waals surface area contributed by atoms with Crippen molar-refractivity contribution in [3.63, 3.8) is 0 Å². The summed E-state index contributed by atoms with van der Waals surface area (Å²) >= 11 is 0. The first-order chi connectivity index (χ1) is 3.68. The quantitative estimate of drug-likeness (QED) is 0.372. The van der Waals surface area contributed by atoms with Crippen molar-refractivity contribution < 1.29 is 5.06 Å². The molecule has 0 saturated heterocycles. The Kier molecular flexibility index (Phi) is 3.77. The fourth-order valence-electron chi connectivity index (χ4n) is 0.474. The van der Waals surface area contributed by atoms with Crippen molar-refractivity contribution in [2.24, 2.45) is 5.73 Å². The molecule has 0 radical (unpaired) electrons. The van der Waals surface area contributed by atoms with Gasteiger partial charge < -0.3 is 10.3 Å². The summed E-state index contributed by atoms with van der Waals surface area (Å²) in [4.78, 5) is 0. The van der Waals surface area contributed by atoms with Crippen LogP contribution in [0.5, 0.6) is 0 Å². The Hall–Kier alpha value is -0.120.